The second kappa shape index (κ2) is 5.30. The van der Waals surface area contributed by atoms with Crippen LogP contribution in [0, 0.1) is 0 Å². The molecular formula is C11H18N2O2. The first-order valence-electron chi connectivity index (χ1n) is 5.44. The smallest absolute Gasteiger partial charge is 0.105 e. The van der Waals surface area contributed by atoms with Crippen molar-refractivity contribution in [1.82, 2.24) is 4.90 Å². The summed E-state index contributed by atoms with van der Waals surface area (Å²) >= 11 is 0. The van der Waals surface area contributed by atoms with Gasteiger partial charge in [0.2, 0.25) is 0 Å². The molecule has 1 saturated heterocycles. The zero-order chi connectivity index (χ0) is 10.5. The first-order valence-corrected chi connectivity index (χ1v) is 5.44. The van der Waals surface area contributed by atoms with Crippen LogP contribution in [0.5, 0.6) is 0 Å². The Morgan fingerprint density at radius 3 is 2.80 bits per heavy atom. The lowest BCUT2D eigenvalue weighted by Gasteiger charge is -2.33. The third-order valence-electron chi connectivity index (χ3n) is 2.85. The van der Waals surface area contributed by atoms with Gasteiger partial charge < -0.3 is 14.9 Å². The SMILES string of the molecule is NCC(Cc1ccco1)N1CCOCC1. The molecule has 0 aliphatic carbocycles. The van der Waals surface area contributed by atoms with Crippen LogP contribution in [0.1, 0.15) is 5.76 Å². The van der Waals surface area contributed by atoms with Crippen molar-refractivity contribution >= 4 is 0 Å². The number of morpholine rings is 1. The molecule has 2 N–H and O–H groups in total. The molecule has 0 spiro atoms. The van der Waals surface area contributed by atoms with Gasteiger partial charge in [-0.1, -0.05) is 0 Å². The molecule has 15 heavy (non-hydrogen) atoms. The molecule has 2 rings (SSSR count). The Bertz CT molecular complexity index is 268. The van der Waals surface area contributed by atoms with E-state index in [1.165, 1.54) is 0 Å². The molecule has 1 fully saturated rings. The van der Waals surface area contributed by atoms with Gasteiger partial charge in [0.15, 0.2) is 0 Å². The van der Waals surface area contributed by atoms with Gasteiger partial charge in [-0.05, 0) is 12.1 Å². The normalized spacial score (nSPS) is 20.3. The van der Waals surface area contributed by atoms with Crippen molar-refractivity contribution in [2.75, 3.05) is 32.8 Å². The second-order valence-electron chi connectivity index (χ2n) is 3.82. The van der Waals surface area contributed by atoms with Crippen molar-refractivity contribution in [3.63, 3.8) is 0 Å². The summed E-state index contributed by atoms with van der Waals surface area (Å²) in [5, 5.41) is 0. The molecule has 0 saturated carbocycles. The van der Waals surface area contributed by atoms with Gasteiger partial charge in [-0.15, -0.1) is 0 Å². The summed E-state index contributed by atoms with van der Waals surface area (Å²) in [5.74, 6) is 1.01. The van der Waals surface area contributed by atoms with E-state index in [0.717, 1.165) is 38.5 Å². The summed E-state index contributed by atoms with van der Waals surface area (Å²) in [7, 11) is 0. The summed E-state index contributed by atoms with van der Waals surface area (Å²) in [6.07, 6.45) is 2.60. The van der Waals surface area contributed by atoms with E-state index < -0.39 is 0 Å². The molecule has 1 aliphatic rings. The lowest BCUT2D eigenvalue weighted by molar-refractivity contribution is 0.0175. The number of rotatable bonds is 4. The Kier molecular flexibility index (Phi) is 3.77. The molecule has 2 heterocycles. The van der Waals surface area contributed by atoms with Crippen LogP contribution < -0.4 is 5.73 Å². The number of hydrogen-bond donors (Lipinski definition) is 1. The van der Waals surface area contributed by atoms with E-state index in [-0.39, 0.29) is 0 Å². The summed E-state index contributed by atoms with van der Waals surface area (Å²) in [5.41, 5.74) is 5.80. The Morgan fingerprint density at radius 1 is 1.40 bits per heavy atom. The van der Waals surface area contributed by atoms with E-state index in [1.54, 1.807) is 6.26 Å². The summed E-state index contributed by atoms with van der Waals surface area (Å²) < 4.78 is 10.7. The maximum Gasteiger partial charge on any atom is 0.105 e. The van der Waals surface area contributed by atoms with Crippen LogP contribution in [0.15, 0.2) is 22.8 Å². The van der Waals surface area contributed by atoms with Crippen LogP contribution in [0.3, 0.4) is 0 Å². The Labute approximate surface area is 90.0 Å². The van der Waals surface area contributed by atoms with Gasteiger partial charge in [0, 0.05) is 32.1 Å². The summed E-state index contributed by atoms with van der Waals surface area (Å²) in [4.78, 5) is 2.38. The highest BCUT2D eigenvalue weighted by Crippen LogP contribution is 2.10. The molecule has 0 radical (unpaired) electrons. The number of nitrogens with two attached hydrogens (primary N) is 1. The predicted molar refractivity (Wildman–Crippen MR) is 57.6 cm³/mol. The van der Waals surface area contributed by atoms with Gasteiger partial charge in [0.25, 0.3) is 0 Å². The van der Waals surface area contributed by atoms with Crippen molar-refractivity contribution in [2.24, 2.45) is 5.73 Å². The van der Waals surface area contributed by atoms with Crippen molar-refractivity contribution in [2.45, 2.75) is 12.5 Å². The molecule has 0 bridgehead atoms. The van der Waals surface area contributed by atoms with Crippen molar-refractivity contribution in [3.05, 3.63) is 24.2 Å². The molecule has 1 aliphatic heterocycles. The third-order valence-corrected chi connectivity index (χ3v) is 2.85. The zero-order valence-electron chi connectivity index (χ0n) is 8.89. The fourth-order valence-electron chi connectivity index (χ4n) is 1.97. The highest BCUT2D eigenvalue weighted by atomic mass is 16.5. The minimum Gasteiger partial charge on any atom is -0.469 e. The van der Waals surface area contributed by atoms with Crippen molar-refractivity contribution in [3.8, 4) is 0 Å². The average molecular weight is 210 g/mol. The molecule has 0 aromatic carbocycles. The summed E-state index contributed by atoms with van der Waals surface area (Å²) in [6.45, 7) is 4.25. The van der Waals surface area contributed by atoms with E-state index in [1.807, 2.05) is 12.1 Å². The number of furan rings is 1. The number of nitrogens with zero attached hydrogens (tertiary/aromatic N) is 1. The molecule has 4 nitrogen and oxygen atoms in total. The second-order valence-corrected chi connectivity index (χ2v) is 3.82. The molecule has 1 aromatic rings. The molecule has 1 atom stereocenters. The standard InChI is InChI=1S/C11H18N2O2/c12-9-10(8-11-2-1-5-15-11)13-3-6-14-7-4-13/h1-2,5,10H,3-4,6-9,12H2. The maximum absolute atomic E-state index is 5.80. The van der Waals surface area contributed by atoms with Crippen LogP contribution in [-0.2, 0) is 11.2 Å². The molecule has 84 valence electrons. The van der Waals surface area contributed by atoms with Gasteiger partial charge in [0.05, 0.1) is 19.5 Å². The Balaban J connectivity index is 1.91. The minimum atomic E-state index is 0.375. The first kappa shape index (κ1) is 10.7. The lowest BCUT2D eigenvalue weighted by atomic mass is 10.1. The van der Waals surface area contributed by atoms with Gasteiger partial charge in [-0.3, -0.25) is 4.90 Å². The quantitative estimate of drug-likeness (QED) is 0.785. The van der Waals surface area contributed by atoms with Gasteiger partial charge in [0.1, 0.15) is 5.76 Å². The van der Waals surface area contributed by atoms with E-state index in [2.05, 4.69) is 4.90 Å². The van der Waals surface area contributed by atoms with Crippen LogP contribution in [0.25, 0.3) is 0 Å². The van der Waals surface area contributed by atoms with Gasteiger partial charge >= 0.3 is 0 Å². The Morgan fingerprint density at radius 2 is 2.20 bits per heavy atom. The van der Waals surface area contributed by atoms with E-state index in [9.17, 15) is 0 Å². The molecule has 4 heteroatoms. The fraction of sp³-hybridized carbons (Fsp3) is 0.636. The van der Waals surface area contributed by atoms with Crippen LogP contribution >= 0.6 is 0 Å². The highest BCUT2D eigenvalue weighted by Gasteiger charge is 2.20. The van der Waals surface area contributed by atoms with Gasteiger partial charge in [-0.2, -0.15) is 0 Å². The lowest BCUT2D eigenvalue weighted by Crippen LogP contribution is -2.47. The van der Waals surface area contributed by atoms with Crippen molar-refractivity contribution < 1.29 is 9.15 Å². The fourth-order valence-corrected chi connectivity index (χ4v) is 1.97. The van der Waals surface area contributed by atoms with Crippen LogP contribution in [-0.4, -0.2) is 43.8 Å². The highest BCUT2D eigenvalue weighted by molar-refractivity contribution is 5.01. The van der Waals surface area contributed by atoms with E-state index in [4.69, 9.17) is 14.9 Å². The van der Waals surface area contributed by atoms with Crippen LogP contribution in [0.2, 0.25) is 0 Å². The maximum atomic E-state index is 5.80. The van der Waals surface area contributed by atoms with Crippen molar-refractivity contribution in [1.29, 1.82) is 0 Å². The largest absolute Gasteiger partial charge is 0.469 e. The topological polar surface area (TPSA) is 51.6 Å². The summed E-state index contributed by atoms with van der Waals surface area (Å²) in [6, 6.07) is 4.30. The monoisotopic (exact) mass is 210 g/mol. The average Bonchev–Trinajstić information content (AvgIpc) is 2.80. The van der Waals surface area contributed by atoms with E-state index >= 15 is 0 Å². The minimum absolute atomic E-state index is 0.375. The zero-order valence-corrected chi connectivity index (χ0v) is 8.89. The Hall–Kier alpha value is -0.840. The first-order chi connectivity index (χ1) is 7.40. The van der Waals surface area contributed by atoms with Gasteiger partial charge in [-0.25, -0.2) is 0 Å². The third kappa shape index (κ3) is 2.81. The predicted octanol–water partition coefficient (Wildman–Crippen LogP) is 0.482. The van der Waals surface area contributed by atoms with Crippen LogP contribution in [0.4, 0.5) is 0 Å². The van der Waals surface area contributed by atoms with E-state index in [0.29, 0.717) is 12.6 Å². The molecule has 1 unspecified atom stereocenters. The number of ether oxygens (including phenoxy) is 1. The molecule has 1 aromatic heterocycles. The number of hydrogen-bond acceptors (Lipinski definition) is 4. The molecule has 0 amide bonds. The molecular weight excluding hydrogens is 192 g/mol.